The molecule has 1 aromatic heterocycles. The van der Waals surface area contributed by atoms with Crippen molar-refractivity contribution in [3.63, 3.8) is 0 Å². The topological polar surface area (TPSA) is 123 Å². The van der Waals surface area contributed by atoms with Crippen molar-refractivity contribution in [3.8, 4) is 0 Å². The largest absolute Gasteiger partial charge is 0.368 e. The number of nitrogens with one attached hydrogen (secondary N) is 1. The van der Waals surface area contributed by atoms with Crippen LogP contribution in [0, 0.1) is 0 Å². The Labute approximate surface area is 80.3 Å². The summed E-state index contributed by atoms with van der Waals surface area (Å²) in [5, 5.41) is 2.68. The lowest BCUT2D eigenvalue weighted by molar-refractivity contribution is 0.255. The Hall–Kier alpha value is -2.12. The Bertz CT molecular complexity index is 352. The quantitative estimate of drug-likeness (QED) is 0.559. The molecule has 5 N–H and O–H groups in total. The second kappa shape index (κ2) is 3.73. The lowest BCUT2D eigenvalue weighted by Gasteiger charge is -2.12. The number of nitrogens with zero attached hydrogens (tertiary/aromatic N) is 4. The SMILES string of the molecule is CNc1nc(N)nc(N(C)C(N)=O)n1. The fraction of sp³-hybridized carbons (Fsp3) is 0.333. The van der Waals surface area contributed by atoms with E-state index in [1.165, 1.54) is 7.05 Å². The van der Waals surface area contributed by atoms with Gasteiger partial charge in [0.2, 0.25) is 17.8 Å². The number of nitrogens with two attached hydrogens (primary N) is 2. The van der Waals surface area contributed by atoms with Crippen LogP contribution in [0.15, 0.2) is 0 Å². The number of rotatable bonds is 2. The van der Waals surface area contributed by atoms with E-state index in [-0.39, 0.29) is 17.8 Å². The molecule has 0 saturated carbocycles. The Morgan fingerprint density at radius 3 is 2.57 bits per heavy atom. The second-order valence-electron chi connectivity index (χ2n) is 2.46. The first kappa shape index (κ1) is 9.96. The molecule has 1 rings (SSSR count). The van der Waals surface area contributed by atoms with Gasteiger partial charge in [-0.3, -0.25) is 4.90 Å². The number of anilines is 3. The van der Waals surface area contributed by atoms with Crippen LogP contribution in [0.4, 0.5) is 22.6 Å². The van der Waals surface area contributed by atoms with Crippen LogP contribution in [-0.4, -0.2) is 35.1 Å². The van der Waals surface area contributed by atoms with Crippen LogP contribution in [0.25, 0.3) is 0 Å². The second-order valence-corrected chi connectivity index (χ2v) is 2.46. The van der Waals surface area contributed by atoms with E-state index in [4.69, 9.17) is 11.5 Å². The molecule has 8 nitrogen and oxygen atoms in total. The minimum atomic E-state index is -0.669. The van der Waals surface area contributed by atoms with E-state index in [1.54, 1.807) is 7.05 Å². The molecule has 76 valence electrons. The summed E-state index contributed by atoms with van der Waals surface area (Å²) in [7, 11) is 3.07. The molecule has 0 bridgehead atoms. The lowest BCUT2D eigenvalue weighted by atomic mass is 10.7. The molecule has 0 aliphatic heterocycles. The molecule has 0 aromatic carbocycles. The number of hydrogen-bond donors (Lipinski definition) is 3. The van der Waals surface area contributed by atoms with Gasteiger partial charge in [0.1, 0.15) is 0 Å². The van der Waals surface area contributed by atoms with E-state index in [0.717, 1.165) is 4.90 Å². The average molecular weight is 197 g/mol. The Balaban J connectivity index is 3.08. The van der Waals surface area contributed by atoms with Gasteiger partial charge in [0.25, 0.3) is 0 Å². The molecule has 1 aromatic rings. The Morgan fingerprint density at radius 1 is 1.43 bits per heavy atom. The summed E-state index contributed by atoms with van der Waals surface area (Å²) in [5.74, 6) is 0.405. The highest BCUT2D eigenvalue weighted by Crippen LogP contribution is 2.09. The number of carbonyl (C=O) groups is 1. The first-order valence-electron chi connectivity index (χ1n) is 3.77. The highest BCUT2D eigenvalue weighted by atomic mass is 16.2. The summed E-state index contributed by atoms with van der Waals surface area (Å²) in [6.07, 6.45) is 0. The van der Waals surface area contributed by atoms with E-state index in [1.807, 2.05) is 0 Å². The number of nitrogen functional groups attached to an aromatic ring is 1. The van der Waals surface area contributed by atoms with Crippen LogP contribution < -0.4 is 21.7 Å². The fourth-order valence-corrected chi connectivity index (χ4v) is 0.741. The van der Waals surface area contributed by atoms with Crippen molar-refractivity contribution in [2.24, 2.45) is 5.73 Å². The smallest absolute Gasteiger partial charge is 0.321 e. The van der Waals surface area contributed by atoms with Gasteiger partial charge in [0.15, 0.2) is 0 Å². The van der Waals surface area contributed by atoms with Gasteiger partial charge in [-0.1, -0.05) is 0 Å². The third kappa shape index (κ3) is 1.97. The van der Waals surface area contributed by atoms with Gasteiger partial charge in [-0.05, 0) is 0 Å². The molecular formula is C6H11N7O. The van der Waals surface area contributed by atoms with Crippen LogP contribution in [0.1, 0.15) is 0 Å². The van der Waals surface area contributed by atoms with Crippen molar-refractivity contribution in [1.29, 1.82) is 0 Å². The zero-order valence-corrected chi connectivity index (χ0v) is 7.85. The van der Waals surface area contributed by atoms with Crippen LogP contribution in [-0.2, 0) is 0 Å². The minimum absolute atomic E-state index is 0.0208. The molecule has 0 spiro atoms. The first-order valence-corrected chi connectivity index (χ1v) is 3.77. The molecule has 14 heavy (non-hydrogen) atoms. The number of aromatic nitrogens is 3. The number of amides is 2. The number of urea groups is 1. The zero-order valence-electron chi connectivity index (χ0n) is 7.85. The van der Waals surface area contributed by atoms with Crippen molar-refractivity contribution in [1.82, 2.24) is 15.0 Å². The highest BCUT2D eigenvalue weighted by Gasteiger charge is 2.11. The van der Waals surface area contributed by atoms with Crippen molar-refractivity contribution in [3.05, 3.63) is 0 Å². The summed E-state index contributed by atoms with van der Waals surface area (Å²) in [6.45, 7) is 0. The molecule has 1 heterocycles. The van der Waals surface area contributed by atoms with Gasteiger partial charge in [0, 0.05) is 14.1 Å². The number of carbonyl (C=O) groups excluding carboxylic acids is 1. The molecule has 2 amide bonds. The van der Waals surface area contributed by atoms with Crippen molar-refractivity contribution in [2.75, 3.05) is 30.0 Å². The van der Waals surface area contributed by atoms with Crippen LogP contribution >= 0.6 is 0 Å². The average Bonchev–Trinajstić information content (AvgIpc) is 2.15. The maximum Gasteiger partial charge on any atom is 0.321 e. The molecule has 0 atom stereocenters. The molecular weight excluding hydrogens is 186 g/mol. The third-order valence-electron chi connectivity index (χ3n) is 1.50. The summed E-state index contributed by atoms with van der Waals surface area (Å²) < 4.78 is 0. The Morgan fingerprint density at radius 2 is 2.07 bits per heavy atom. The molecule has 0 fully saturated rings. The standard InChI is InChI=1S/C6H11N7O/c1-9-5-10-3(7)11-6(12-5)13(2)4(8)14/h1-2H3,(H2,8,14)(H3,7,9,10,11,12). The van der Waals surface area contributed by atoms with Crippen LogP contribution in [0.5, 0.6) is 0 Å². The Kier molecular flexibility index (Phi) is 2.65. The molecule has 0 aliphatic carbocycles. The van der Waals surface area contributed by atoms with Gasteiger partial charge in [-0.15, -0.1) is 0 Å². The normalized spacial score (nSPS) is 9.57. The van der Waals surface area contributed by atoms with Crippen molar-refractivity contribution < 1.29 is 4.79 Å². The predicted octanol–water partition coefficient (Wildman–Crippen LogP) is -0.990. The van der Waals surface area contributed by atoms with E-state index in [0.29, 0.717) is 0 Å². The molecule has 0 aliphatic rings. The monoisotopic (exact) mass is 197 g/mol. The minimum Gasteiger partial charge on any atom is -0.368 e. The molecule has 0 radical (unpaired) electrons. The molecule has 8 heteroatoms. The zero-order chi connectivity index (χ0) is 10.7. The van der Waals surface area contributed by atoms with Gasteiger partial charge >= 0.3 is 6.03 Å². The maximum atomic E-state index is 10.8. The number of hydrogen-bond acceptors (Lipinski definition) is 6. The van der Waals surface area contributed by atoms with Gasteiger partial charge in [-0.25, -0.2) is 4.79 Å². The van der Waals surface area contributed by atoms with Gasteiger partial charge < -0.3 is 16.8 Å². The lowest BCUT2D eigenvalue weighted by Crippen LogP contribution is -2.33. The third-order valence-corrected chi connectivity index (χ3v) is 1.50. The number of primary amides is 1. The van der Waals surface area contributed by atoms with Crippen LogP contribution in [0.2, 0.25) is 0 Å². The fourth-order valence-electron chi connectivity index (χ4n) is 0.741. The van der Waals surface area contributed by atoms with E-state index < -0.39 is 6.03 Å². The van der Waals surface area contributed by atoms with Gasteiger partial charge in [-0.2, -0.15) is 15.0 Å². The predicted molar refractivity (Wildman–Crippen MR) is 51.8 cm³/mol. The van der Waals surface area contributed by atoms with E-state index in [9.17, 15) is 4.79 Å². The molecule has 0 unspecified atom stereocenters. The highest BCUT2D eigenvalue weighted by molar-refractivity contribution is 5.88. The van der Waals surface area contributed by atoms with Crippen molar-refractivity contribution >= 4 is 23.9 Å². The summed E-state index contributed by atoms with van der Waals surface area (Å²) >= 11 is 0. The summed E-state index contributed by atoms with van der Waals surface area (Å²) in [5.41, 5.74) is 10.4. The van der Waals surface area contributed by atoms with Crippen LogP contribution in [0.3, 0.4) is 0 Å². The molecule has 0 saturated heterocycles. The summed E-state index contributed by atoms with van der Waals surface area (Å²) in [6, 6.07) is -0.669. The van der Waals surface area contributed by atoms with E-state index in [2.05, 4.69) is 20.3 Å². The van der Waals surface area contributed by atoms with Crippen molar-refractivity contribution in [2.45, 2.75) is 0 Å². The first-order chi connectivity index (χ1) is 6.54. The maximum absolute atomic E-state index is 10.8. The van der Waals surface area contributed by atoms with Gasteiger partial charge in [0.05, 0.1) is 0 Å². The summed E-state index contributed by atoms with van der Waals surface area (Å²) in [4.78, 5) is 23.3. The van der Waals surface area contributed by atoms with E-state index >= 15 is 0 Å².